The van der Waals surface area contributed by atoms with Crippen molar-refractivity contribution >= 4 is 58.6 Å². The van der Waals surface area contributed by atoms with Gasteiger partial charge < -0.3 is 10.4 Å². The average Bonchev–Trinajstić information content (AvgIpc) is 2.55. The number of hydrogen-bond acceptors (Lipinski definition) is 3. The van der Waals surface area contributed by atoms with E-state index in [0.717, 1.165) is 11.8 Å². The minimum atomic E-state index is -1.09. The molecule has 124 valence electrons. The molecule has 0 atom stereocenters. The van der Waals surface area contributed by atoms with Crippen molar-refractivity contribution in [2.45, 2.75) is 0 Å². The summed E-state index contributed by atoms with van der Waals surface area (Å²) in [7, 11) is 0. The number of carbonyl (C=O) groups excluding carboxylic acids is 1. The molecular weight excluding hydrogens is 369 g/mol. The Labute approximate surface area is 153 Å². The summed E-state index contributed by atoms with van der Waals surface area (Å²) in [6, 6.07) is 13.4. The molecule has 0 aliphatic heterocycles. The summed E-state index contributed by atoms with van der Waals surface area (Å²) >= 11 is 12.5. The first kappa shape index (κ1) is 18.4. The van der Waals surface area contributed by atoms with E-state index < -0.39 is 5.97 Å². The van der Waals surface area contributed by atoms with Gasteiger partial charge in [0.1, 0.15) is 0 Å². The van der Waals surface area contributed by atoms with E-state index in [9.17, 15) is 14.7 Å². The number of carboxylic acids is 1. The molecule has 0 saturated heterocycles. The number of carbonyl (C=O) groups is 2. The van der Waals surface area contributed by atoms with Crippen molar-refractivity contribution in [3.8, 4) is 0 Å². The van der Waals surface area contributed by atoms with E-state index in [2.05, 4.69) is 5.32 Å². The third-order valence-corrected chi connectivity index (χ3v) is 4.38. The van der Waals surface area contributed by atoms with Gasteiger partial charge in [0.15, 0.2) is 0 Å². The Balaban J connectivity index is 1.98. The van der Waals surface area contributed by atoms with Crippen molar-refractivity contribution in [3.63, 3.8) is 0 Å². The molecule has 2 rings (SSSR count). The Kier molecular flexibility index (Phi) is 6.73. The molecule has 0 heterocycles. The van der Waals surface area contributed by atoms with Crippen molar-refractivity contribution < 1.29 is 14.7 Å². The standard InChI is InChI=1S/C17H13Cl2NO3S/c18-12-3-1-11(2-4-12)9-15(17(22)23)24-10-16(21)20-14-7-5-13(19)6-8-14/h1-9H,10H2,(H,20,21)(H,22,23)/b15-9+. The number of halogens is 2. The van der Waals surface area contributed by atoms with Gasteiger partial charge in [-0.15, -0.1) is 11.8 Å². The lowest BCUT2D eigenvalue weighted by Gasteiger charge is -2.06. The van der Waals surface area contributed by atoms with Crippen molar-refractivity contribution in [1.29, 1.82) is 0 Å². The van der Waals surface area contributed by atoms with Gasteiger partial charge in [0.25, 0.3) is 0 Å². The van der Waals surface area contributed by atoms with Crippen LogP contribution in [-0.4, -0.2) is 22.7 Å². The summed E-state index contributed by atoms with van der Waals surface area (Å²) < 4.78 is 0. The number of aliphatic carboxylic acids is 1. The maximum atomic E-state index is 11.9. The smallest absolute Gasteiger partial charge is 0.342 e. The third-order valence-electron chi connectivity index (χ3n) is 2.87. The number of benzene rings is 2. The molecule has 0 aliphatic rings. The number of hydrogen-bond donors (Lipinski definition) is 2. The van der Waals surface area contributed by atoms with Crippen molar-refractivity contribution in [2.24, 2.45) is 0 Å². The van der Waals surface area contributed by atoms with E-state index in [1.165, 1.54) is 6.08 Å². The highest BCUT2D eigenvalue weighted by molar-refractivity contribution is 8.04. The fraction of sp³-hybridized carbons (Fsp3) is 0.0588. The Bertz CT molecular complexity index is 758. The highest BCUT2D eigenvalue weighted by atomic mass is 35.5. The molecule has 0 spiro atoms. The first-order valence-electron chi connectivity index (χ1n) is 6.83. The summed E-state index contributed by atoms with van der Waals surface area (Å²) in [5.74, 6) is -1.41. The monoisotopic (exact) mass is 381 g/mol. The molecule has 7 heteroatoms. The van der Waals surface area contributed by atoms with Gasteiger partial charge >= 0.3 is 5.97 Å². The third kappa shape index (κ3) is 5.92. The van der Waals surface area contributed by atoms with Crippen LogP contribution in [0.25, 0.3) is 6.08 Å². The number of nitrogens with one attached hydrogen (secondary N) is 1. The van der Waals surface area contributed by atoms with Gasteiger partial charge in [0.2, 0.25) is 5.91 Å². The van der Waals surface area contributed by atoms with Gasteiger partial charge in [0.05, 0.1) is 10.7 Å². The fourth-order valence-corrected chi connectivity index (χ4v) is 2.70. The van der Waals surface area contributed by atoms with Gasteiger partial charge in [-0.3, -0.25) is 4.79 Å². The van der Waals surface area contributed by atoms with Crippen LogP contribution in [0.2, 0.25) is 10.0 Å². The van der Waals surface area contributed by atoms with Crippen molar-refractivity contribution in [1.82, 2.24) is 0 Å². The fourth-order valence-electron chi connectivity index (χ4n) is 1.75. The lowest BCUT2D eigenvalue weighted by Crippen LogP contribution is -2.14. The second kappa shape index (κ2) is 8.78. The predicted octanol–water partition coefficient (Wildman–Crippen LogP) is 4.79. The normalized spacial score (nSPS) is 11.2. The number of anilines is 1. The first-order chi connectivity index (χ1) is 11.4. The second-order valence-corrected chi connectivity index (χ2v) is 6.60. The molecule has 4 nitrogen and oxygen atoms in total. The van der Waals surface area contributed by atoms with Crippen molar-refractivity contribution in [3.05, 3.63) is 69.0 Å². The summed E-state index contributed by atoms with van der Waals surface area (Å²) in [6.07, 6.45) is 1.50. The molecule has 0 saturated carbocycles. The van der Waals surface area contributed by atoms with E-state index in [0.29, 0.717) is 21.3 Å². The van der Waals surface area contributed by atoms with E-state index in [-0.39, 0.29) is 16.6 Å². The predicted molar refractivity (Wildman–Crippen MR) is 99.6 cm³/mol. The maximum absolute atomic E-state index is 11.9. The zero-order chi connectivity index (χ0) is 17.5. The number of carboxylic acid groups (broad SMARTS) is 1. The molecule has 1 amide bonds. The summed E-state index contributed by atoms with van der Waals surface area (Å²) in [5.41, 5.74) is 1.30. The summed E-state index contributed by atoms with van der Waals surface area (Å²) in [5, 5.41) is 13.1. The number of rotatable bonds is 6. The maximum Gasteiger partial charge on any atom is 0.342 e. The van der Waals surface area contributed by atoms with Crippen molar-refractivity contribution in [2.75, 3.05) is 11.1 Å². The average molecular weight is 382 g/mol. The molecule has 2 N–H and O–H groups in total. The van der Waals surface area contributed by atoms with Crippen LogP contribution in [0, 0.1) is 0 Å². The highest BCUT2D eigenvalue weighted by Gasteiger charge is 2.11. The van der Waals surface area contributed by atoms with E-state index in [4.69, 9.17) is 23.2 Å². The Hall–Kier alpha value is -1.95. The molecule has 24 heavy (non-hydrogen) atoms. The van der Waals surface area contributed by atoms with Gasteiger partial charge in [0, 0.05) is 15.7 Å². The highest BCUT2D eigenvalue weighted by Crippen LogP contribution is 2.21. The molecule has 0 radical (unpaired) electrons. The minimum absolute atomic E-state index is 0.0195. The lowest BCUT2D eigenvalue weighted by molar-refractivity contribution is -0.131. The van der Waals surface area contributed by atoms with Crippen LogP contribution in [0.1, 0.15) is 5.56 Å². The van der Waals surface area contributed by atoms with Crippen LogP contribution in [0.3, 0.4) is 0 Å². The molecule has 0 bridgehead atoms. The van der Waals surface area contributed by atoms with Crippen LogP contribution in [0.5, 0.6) is 0 Å². The van der Waals surface area contributed by atoms with Crippen LogP contribution < -0.4 is 5.32 Å². The molecular formula is C17H13Cl2NO3S. The minimum Gasteiger partial charge on any atom is -0.477 e. The van der Waals surface area contributed by atoms with Crippen LogP contribution in [0.15, 0.2) is 53.4 Å². The first-order valence-corrected chi connectivity index (χ1v) is 8.57. The van der Waals surface area contributed by atoms with Crippen LogP contribution >= 0.6 is 35.0 Å². The molecule has 0 aromatic heterocycles. The number of thioether (sulfide) groups is 1. The van der Waals surface area contributed by atoms with Gasteiger partial charge in [-0.25, -0.2) is 4.79 Å². The topological polar surface area (TPSA) is 66.4 Å². The van der Waals surface area contributed by atoms with Gasteiger partial charge in [-0.05, 0) is 48.0 Å². The summed E-state index contributed by atoms with van der Waals surface area (Å²) in [4.78, 5) is 23.3. The molecule has 2 aromatic rings. The van der Waals surface area contributed by atoms with E-state index >= 15 is 0 Å². The van der Waals surface area contributed by atoms with Gasteiger partial charge in [-0.1, -0.05) is 35.3 Å². The lowest BCUT2D eigenvalue weighted by atomic mass is 10.2. The summed E-state index contributed by atoms with van der Waals surface area (Å²) in [6.45, 7) is 0. The zero-order valence-corrected chi connectivity index (χ0v) is 14.7. The molecule has 0 aliphatic carbocycles. The SMILES string of the molecule is O=C(CS/C(=C/c1ccc(Cl)cc1)C(=O)O)Nc1ccc(Cl)cc1. The second-order valence-electron chi connectivity index (χ2n) is 4.71. The quantitative estimate of drug-likeness (QED) is 0.705. The molecule has 2 aromatic carbocycles. The Morgan fingerprint density at radius 3 is 2.08 bits per heavy atom. The van der Waals surface area contributed by atoms with Crippen LogP contribution in [-0.2, 0) is 9.59 Å². The molecule has 0 fully saturated rings. The van der Waals surface area contributed by atoms with Gasteiger partial charge in [-0.2, -0.15) is 0 Å². The van der Waals surface area contributed by atoms with Crippen LogP contribution in [0.4, 0.5) is 5.69 Å². The number of amides is 1. The van der Waals surface area contributed by atoms with E-state index in [1.807, 2.05) is 0 Å². The van der Waals surface area contributed by atoms with E-state index in [1.54, 1.807) is 48.5 Å². The molecule has 0 unspecified atom stereocenters. The largest absolute Gasteiger partial charge is 0.477 e. The Morgan fingerprint density at radius 2 is 1.54 bits per heavy atom. The Morgan fingerprint density at radius 1 is 1.00 bits per heavy atom. The zero-order valence-electron chi connectivity index (χ0n) is 12.3.